The van der Waals surface area contributed by atoms with Crippen LogP contribution in [-0.4, -0.2) is 45.8 Å². The number of benzene rings is 1. The Morgan fingerprint density at radius 2 is 1.82 bits per heavy atom. The number of hydrogen-bond acceptors (Lipinski definition) is 5. The minimum atomic E-state index is 0.180. The van der Waals surface area contributed by atoms with E-state index >= 15 is 0 Å². The van der Waals surface area contributed by atoms with Gasteiger partial charge >= 0.3 is 0 Å². The maximum Gasteiger partial charge on any atom is 0.141 e. The van der Waals surface area contributed by atoms with Crippen molar-refractivity contribution in [3.63, 3.8) is 0 Å². The van der Waals surface area contributed by atoms with Crippen LogP contribution in [-0.2, 0) is 11.2 Å². The van der Waals surface area contributed by atoms with Gasteiger partial charge in [0.15, 0.2) is 0 Å². The van der Waals surface area contributed by atoms with Crippen molar-refractivity contribution in [3.8, 4) is 11.3 Å². The molecule has 5 heteroatoms. The van der Waals surface area contributed by atoms with Crippen LogP contribution in [0, 0.1) is 5.92 Å². The lowest BCUT2D eigenvalue weighted by atomic mass is 9.82. The molecule has 1 aliphatic carbocycles. The van der Waals surface area contributed by atoms with Gasteiger partial charge in [0.05, 0.1) is 11.9 Å². The third-order valence-electron chi connectivity index (χ3n) is 5.87. The molecule has 4 rings (SSSR count). The summed E-state index contributed by atoms with van der Waals surface area (Å²) in [6.07, 6.45) is 11.6. The zero-order valence-electron chi connectivity index (χ0n) is 16.5. The molecule has 2 heterocycles. The molecule has 0 unspecified atom stereocenters. The first kappa shape index (κ1) is 18.7. The number of hydrogen-bond donors (Lipinski definition) is 0. The van der Waals surface area contributed by atoms with Crippen LogP contribution >= 0.6 is 0 Å². The normalized spacial score (nSPS) is 19.8. The molecular formula is C23H26N4O. The zero-order valence-corrected chi connectivity index (χ0v) is 16.5. The van der Waals surface area contributed by atoms with Crippen molar-refractivity contribution in [2.45, 2.75) is 38.1 Å². The number of Topliss-reactive ketones (excluding diaryl/α,β-unsaturated/α-hetero) is 1. The van der Waals surface area contributed by atoms with Crippen molar-refractivity contribution in [2.24, 2.45) is 5.92 Å². The van der Waals surface area contributed by atoms with Crippen molar-refractivity contribution < 1.29 is 4.79 Å². The van der Waals surface area contributed by atoms with Crippen LogP contribution in [0.1, 0.15) is 31.4 Å². The molecule has 28 heavy (non-hydrogen) atoms. The fraction of sp³-hybridized carbons (Fsp3) is 0.391. The van der Waals surface area contributed by atoms with E-state index in [4.69, 9.17) is 0 Å². The third kappa shape index (κ3) is 4.09. The van der Waals surface area contributed by atoms with Crippen LogP contribution in [0.15, 0.2) is 49.1 Å². The highest BCUT2D eigenvalue weighted by atomic mass is 16.1. The van der Waals surface area contributed by atoms with Crippen LogP contribution < -0.4 is 0 Å². The van der Waals surface area contributed by atoms with Crippen LogP contribution in [0.3, 0.4) is 0 Å². The predicted molar refractivity (Wildman–Crippen MR) is 111 cm³/mol. The summed E-state index contributed by atoms with van der Waals surface area (Å²) < 4.78 is 0. The molecule has 0 amide bonds. The quantitative estimate of drug-likeness (QED) is 0.677. The predicted octanol–water partition coefficient (Wildman–Crippen LogP) is 3.92. The Labute approximate surface area is 165 Å². The molecule has 3 aromatic rings. The third-order valence-corrected chi connectivity index (χ3v) is 5.87. The van der Waals surface area contributed by atoms with E-state index in [2.05, 4.69) is 40.0 Å². The summed E-state index contributed by atoms with van der Waals surface area (Å²) in [5.74, 6) is 0.508. The van der Waals surface area contributed by atoms with E-state index < -0.39 is 0 Å². The SMILES string of the molecule is CN(C)C1CCC(C(=O)Cc2cc3cc(-c4cnccn4)ccc3cn2)CC1. The number of carbonyl (C=O) groups is 1. The lowest BCUT2D eigenvalue weighted by Gasteiger charge is -2.31. The minimum absolute atomic E-state index is 0.180. The van der Waals surface area contributed by atoms with Gasteiger partial charge < -0.3 is 4.90 Å². The van der Waals surface area contributed by atoms with Gasteiger partial charge in [0.1, 0.15) is 5.78 Å². The van der Waals surface area contributed by atoms with Crippen molar-refractivity contribution in [1.82, 2.24) is 19.9 Å². The van der Waals surface area contributed by atoms with Crippen LogP contribution in [0.5, 0.6) is 0 Å². The number of fused-ring (bicyclic) bond motifs is 1. The summed E-state index contributed by atoms with van der Waals surface area (Å²) >= 11 is 0. The molecule has 1 aliphatic rings. The van der Waals surface area contributed by atoms with Gasteiger partial charge in [-0.25, -0.2) is 0 Å². The minimum Gasteiger partial charge on any atom is -0.306 e. The summed E-state index contributed by atoms with van der Waals surface area (Å²) in [5.41, 5.74) is 2.71. The van der Waals surface area contributed by atoms with Crippen LogP contribution in [0.25, 0.3) is 22.0 Å². The first-order valence-electron chi connectivity index (χ1n) is 9.94. The molecule has 0 N–H and O–H groups in total. The van der Waals surface area contributed by atoms with Crippen molar-refractivity contribution in [3.05, 3.63) is 54.7 Å². The van der Waals surface area contributed by atoms with Gasteiger partial charge in [-0.15, -0.1) is 0 Å². The number of aromatic nitrogens is 3. The van der Waals surface area contributed by atoms with Gasteiger partial charge in [-0.05, 0) is 57.3 Å². The van der Waals surface area contributed by atoms with E-state index in [-0.39, 0.29) is 5.92 Å². The second-order valence-electron chi connectivity index (χ2n) is 7.94. The Kier molecular flexibility index (Phi) is 5.44. The number of ketones is 1. The second kappa shape index (κ2) is 8.15. The van der Waals surface area contributed by atoms with Crippen molar-refractivity contribution in [2.75, 3.05) is 14.1 Å². The molecule has 0 bridgehead atoms. The lowest BCUT2D eigenvalue weighted by molar-refractivity contribution is -0.123. The number of carbonyl (C=O) groups excluding carboxylic acids is 1. The van der Waals surface area contributed by atoms with E-state index in [1.54, 1.807) is 18.6 Å². The number of nitrogens with zero attached hydrogens (tertiary/aromatic N) is 4. The molecule has 1 fully saturated rings. The zero-order chi connectivity index (χ0) is 19.5. The summed E-state index contributed by atoms with van der Waals surface area (Å²) in [6.45, 7) is 0. The molecule has 0 aliphatic heterocycles. The average molecular weight is 374 g/mol. The molecule has 1 saturated carbocycles. The summed E-state index contributed by atoms with van der Waals surface area (Å²) in [4.78, 5) is 28.1. The maximum atomic E-state index is 12.8. The Morgan fingerprint density at radius 3 is 2.54 bits per heavy atom. The standard InChI is InChI=1S/C23H26N4O/c1-27(2)21-7-5-16(6-8-21)23(28)13-20-12-19-11-17(3-4-18(19)14-26-20)22-15-24-9-10-25-22/h3-4,9-12,14-16,21H,5-8,13H2,1-2H3. The first-order valence-corrected chi connectivity index (χ1v) is 9.94. The molecule has 0 saturated heterocycles. The van der Waals surface area contributed by atoms with Gasteiger partial charge in [0.25, 0.3) is 0 Å². The van der Waals surface area contributed by atoms with Gasteiger partial charge in [-0.1, -0.05) is 12.1 Å². The fourth-order valence-corrected chi connectivity index (χ4v) is 4.13. The van der Waals surface area contributed by atoms with Crippen LogP contribution in [0.2, 0.25) is 0 Å². The first-order chi connectivity index (χ1) is 13.6. The Balaban J connectivity index is 1.49. The van der Waals surface area contributed by atoms with Gasteiger partial charge in [0.2, 0.25) is 0 Å². The van der Waals surface area contributed by atoms with Gasteiger partial charge in [-0.3, -0.25) is 19.7 Å². The van der Waals surface area contributed by atoms with Crippen molar-refractivity contribution in [1.29, 1.82) is 0 Å². The monoisotopic (exact) mass is 374 g/mol. The average Bonchev–Trinajstić information content (AvgIpc) is 2.74. The number of rotatable bonds is 5. The topological polar surface area (TPSA) is 59.0 Å². The highest BCUT2D eigenvalue weighted by Gasteiger charge is 2.27. The highest BCUT2D eigenvalue weighted by Crippen LogP contribution is 2.28. The van der Waals surface area contributed by atoms with Crippen molar-refractivity contribution >= 4 is 16.6 Å². The smallest absolute Gasteiger partial charge is 0.141 e. The molecule has 0 atom stereocenters. The Morgan fingerprint density at radius 1 is 1.00 bits per heavy atom. The largest absolute Gasteiger partial charge is 0.306 e. The van der Waals surface area contributed by atoms with Crippen LogP contribution in [0.4, 0.5) is 0 Å². The molecule has 144 valence electrons. The van der Waals surface area contributed by atoms with E-state index in [1.165, 1.54) is 0 Å². The number of pyridine rings is 1. The van der Waals surface area contributed by atoms with E-state index in [1.807, 2.05) is 24.4 Å². The maximum absolute atomic E-state index is 12.8. The lowest BCUT2D eigenvalue weighted by Crippen LogP contribution is -2.34. The molecule has 0 spiro atoms. The van der Waals surface area contributed by atoms with E-state index in [0.29, 0.717) is 18.2 Å². The Hall–Kier alpha value is -2.66. The molecular weight excluding hydrogens is 348 g/mol. The Bertz CT molecular complexity index is 963. The van der Waals surface area contributed by atoms with E-state index in [9.17, 15) is 4.79 Å². The molecule has 0 radical (unpaired) electrons. The fourth-order valence-electron chi connectivity index (χ4n) is 4.13. The van der Waals surface area contributed by atoms with Gasteiger partial charge in [-0.2, -0.15) is 0 Å². The summed E-state index contributed by atoms with van der Waals surface area (Å²) in [5, 5.41) is 2.15. The molecule has 1 aromatic carbocycles. The highest BCUT2D eigenvalue weighted by molar-refractivity contribution is 5.88. The molecule has 2 aromatic heterocycles. The second-order valence-corrected chi connectivity index (χ2v) is 7.94. The summed E-state index contributed by atoms with van der Waals surface area (Å²) in [7, 11) is 4.25. The van der Waals surface area contributed by atoms with E-state index in [0.717, 1.165) is 53.4 Å². The van der Waals surface area contributed by atoms with Gasteiger partial charge in [0, 0.05) is 53.6 Å². The molecule has 5 nitrogen and oxygen atoms in total. The summed E-state index contributed by atoms with van der Waals surface area (Å²) in [6, 6.07) is 8.82.